The zero-order valence-corrected chi connectivity index (χ0v) is 9.89. The fourth-order valence-electron chi connectivity index (χ4n) is 2.06. The first-order valence-corrected chi connectivity index (χ1v) is 5.98. The Kier molecular flexibility index (Phi) is 4.22. The standard InChI is InChI=1S/C12H15FN2O3/c13-11-7-9(5-6-12(11)15(16)17)8-14-18-10-3-1-2-4-10/h5-7,10,14H,1-4,8H2. The molecule has 0 unspecified atom stereocenters. The molecule has 0 amide bonds. The molecule has 0 aliphatic heterocycles. The average molecular weight is 254 g/mol. The number of nitrogens with zero attached hydrogens (tertiary/aromatic N) is 1. The Hall–Kier alpha value is -1.53. The topological polar surface area (TPSA) is 64.4 Å². The molecule has 1 saturated carbocycles. The molecule has 1 aromatic rings. The summed E-state index contributed by atoms with van der Waals surface area (Å²) in [5, 5.41) is 10.4. The number of hydrogen-bond acceptors (Lipinski definition) is 4. The molecule has 0 bridgehead atoms. The highest BCUT2D eigenvalue weighted by atomic mass is 19.1. The number of hydrogen-bond donors (Lipinski definition) is 1. The second-order valence-corrected chi connectivity index (χ2v) is 4.39. The summed E-state index contributed by atoms with van der Waals surface area (Å²) in [4.78, 5) is 15.1. The van der Waals surface area contributed by atoms with Crippen LogP contribution in [0.5, 0.6) is 0 Å². The van der Waals surface area contributed by atoms with Crippen molar-refractivity contribution >= 4 is 5.69 Å². The maximum Gasteiger partial charge on any atom is 0.304 e. The van der Waals surface area contributed by atoms with Crippen LogP contribution in [0.15, 0.2) is 18.2 Å². The fourth-order valence-corrected chi connectivity index (χ4v) is 2.06. The summed E-state index contributed by atoms with van der Waals surface area (Å²) in [7, 11) is 0. The number of nitrogens with one attached hydrogen (secondary N) is 1. The van der Waals surface area contributed by atoms with Crippen LogP contribution in [0.2, 0.25) is 0 Å². The lowest BCUT2D eigenvalue weighted by molar-refractivity contribution is -0.387. The van der Waals surface area contributed by atoms with Crippen molar-refractivity contribution in [1.29, 1.82) is 0 Å². The summed E-state index contributed by atoms with van der Waals surface area (Å²) >= 11 is 0. The van der Waals surface area contributed by atoms with E-state index in [4.69, 9.17) is 4.84 Å². The minimum atomic E-state index is -0.819. The minimum Gasteiger partial charge on any atom is -0.298 e. The van der Waals surface area contributed by atoms with E-state index in [1.807, 2.05) is 0 Å². The molecule has 0 heterocycles. The monoisotopic (exact) mass is 254 g/mol. The second kappa shape index (κ2) is 5.88. The molecular formula is C12H15FN2O3. The SMILES string of the molecule is O=[N+]([O-])c1ccc(CNOC2CCCC2)cc1F. The van der Waals surface area contributed by atoms with Gasteiger partial charge in [0.2, 0.25) is 5.82 Å². The fraction of sp³-hybridized carbons (Fsp3) is 0.500. The van der Waals surface area contributed by atoms with Crippen LogP contribution in [0.25, 0.3) is 0 Å². The molecule has 2 rings (SSSR count). The summed E-state index contributed by atoms with van der Waals surface area (Å²) in [6, 6.07) is 3.84. The number of rotatable bonds is 5. The third-order valence-electron chi connectivity index (χ3n) is 3.04. The summed E-state index contributed by atoms with van der Waals surface area (Å²) in [6.07, 6.45) is 4.67. The Balaban J connectivity index is 1.85. The zero-order valence-electron chi connectivity index (χ0n) is 9.89. The summed E-state index contributed by atoms with van der Waals surface area (Å²) < 4.78 is 13.3. The first-order chi connectivity index (χ1) is 8.66. The van der Waals surface area contributed by atoms with Crippen LogP contribution in [-0.2, 0) is 11.4 Å². The van der Waals surface area contributed by atoms with E-state index in [0.29, 0.717) is 12.1 Å². The van der Waals surface area contributed by atoms with Crippen molar-refractivity contribution < 1.29 is 14.2 Å². The van der Waals surface area contributed by atoms with Crippen molar-refractivity contribution in [2.45, 2.75) is 38.3 Å². The lowest BCUT2D eigenvalue weighted by Crippen LogP contribution is -2.21. The first kappa shape index (κ1) is 12.9. The van der Waals surface area contributed by atoms with Crippen molar-refractivity contribution in [3.05, 3.63) is 39.7 Å². The molecule has 1 aromatic carbocycles. The van der Waals surface area contributed by atoms with E-state index in [-0.39, 0.29) is 6.10 Å². The molecule has 0 atom stereocenters. The summed E-state index contributed by atoms with van der Waals surface area (Å²) in [5.41, 5.74) is 2.90. The van der Waals surface area contributed by atoms with Crippen LogP contribution in [-0.4, -0.2) is 11.0 Å². The van der Waals surface area contributed by atoms with Gasteiger partial charge in [0.1, 0.15) is 0 Å². The van der Waals surface area contributed by atoms with Gasteiger partial charge in [0.05, 0.1) is 11.0 Å². The molecule has 0 aromatic heterocycles. The smallest absolute Gasteiger partial charge is 0.298 e. The van der Waals surface area contributed by atoms with Gasteiger partial charge < -0.3 is 0 Å². The number of benzene rings is 1. The number of halogens is 1. The second-order valence-electron chi connectivity index (χ2n) is 4.39. The molecule has 0 saturated heterocycles. The van der Waals surface area contributed by atoms with Crippen molar-refractivity contribution in [3.63, 3.8) is 0 Å². The van der Waals surface area contributed by atoms with Gasteiger partial charge >= 0.3 is 5.69 Å². The van der Waals surface area contributed by atoms with Crippen LogP contribution in [0.3, 0.4) is 0 Å². The molecule has 98 valence electrons. The number of hydroxylamine groups is 1. The van der Waals surface area contributed by atoms with E-state index in [2.05, 4.69) is 5.48 Å². The van der Waals surface area contributed by atoms with Gasteiger partial charge in [-0.15, -0.1) is 0 Å². The van der Waals surface area contributed by atoms with Crippen LogP contribution in [0.4, 0.5) is 10.1 Å². The molecule has 1 N–H and O–H groups in total. The third kappa shape index (κ3) is 3.24. The average Bonchev–Trinajstić information content (AvgIpc) is 2.81. The predicted molar refractivity (Wildman–Crippen MR) is 63.2 cm³/mol. The van der Waals surface area contributed by atoms with Crippen LogP contribution in [0, 0.1) is 15.9 Å². The maximum atomic E-state index is 13.3. The summed E-state index contributed by atoms with van der Waals surface area (Å²) in [5.74, 6) is -0.819. The molecule has 5 nitrogen and oxygen atoms in total. The van der Waals surface area contributed by atoms with Gasteiger partial charge in [-0.05, 0) is 24.5 Å². The van der Waals surface area contributed by atoms with Gasteiger partial charge in [-0.25, -0.2) is 0 Å². The third-order valence-corrected chi connectivity index (χ3v) is 3.04. The van der Waals surface area contributed by atoms with Crippen molar-refractivity contribution in [2.75, 3.05) is 0 Å². The van der Waals surface area contributed by atoms with Crippen molar-refractivity contribution in [3.8, 4) is 0 Å². The molecular weight excluding hydrogens is 239 g/mol. The van der Waals surface area contributed by atoms with Gasteiger partial charge in [0.25, 0.3) is 0 Å². The number of nitro groups is 1. The first-order valence-electron chi connectivity index (χ1n) is 5.98. The molecule has 6 heteroatoms. The van der Waals surface area contributed by atoms with Gasteiger partial charge in [-0.2, -0.15) is 9.87 Å². The molecule has 1 fully saturated rings. The molecule has 0 radical (unpaired) electrons. The van der Waals surface area contributed by atoms with Gasteiger partial charge in [0.15, 0.2) is 0 Å². The van der Waals surface area contributed by atoms with E-state index >= 15 is 0 Å². The highest BCUT2D eigenvalue weighted by Crippen LogP contribution is 2.20. The lowest BCUT2D eigenvalue weighted by Gasteiger charge is -2.11. The van der Waals surface area contributed by atoms with Crippen LogP contribution >= 0.6 is 0 Å². The van der Waals surface area contributed by atoms with E-state index in [1.54, 1.807) is 0 Å². The highest BCUT2D eigenvalue weighted by molar-refractivity contribution is 5.34. The highest BCUT2D eigenvalue weighted by Gasteiger charge is 2.16. The van der Waals surface area contributed by atoms with Crippen molar-refractivity contribution in [2.24, 2.45) is 0 Å². The zero-order chi connectivity index (χ0) is 13.0. The van der Waals surface area contributed by atoms with E-state index in [9.17, 15) is 14.5 Å². The Bertz CT molecular complexity index is 433. The Morgan fingerprint density at radius 1 is 1.44 bits per heavy atom. The lowest BCUT2D eigenvalue weighted by atomic mass is 10.2. The Morgan fingerprint density at radius 3 is 2.78 bits per heavy atom. The van der Waals surface area contributed by atoms with Gasteiger partial charge in [-0.3, -0.25) is 15.0 Å². The summed E-state index contributed by atoms with van der Waals surface area (Å²) in [6.45, 7) is 0.339. The molecule has 1 aliphatic carbocycles. The molecule has 0 spiro atoms. The van der Waals surface area contributed by atoms with Gasteiger partial charge in [-0.1, -0.05) is 18.9 Å². The Labute approximate surface area is 104 Å². The van der Waals surface area contributed by atoms with Crippen molar-refractivity contribution in [1.82, 2.24) is 5.48 Å². The normalized spacial score (nSPS) is 16.1. The van der Waals surface area contributed by atoms with E-state index < -0.39 is 16.4 Å². The quantitative estimate of drug-likeness (QED) is 0.648. The minimum absolute atomic E-state index is 0.230. The van der Waals surface area contributed by atoms with Crippen LogP contribution in [0.1, 0.15) is 31.2 Å². The van der Waals surface area contributed by atoms with E-state index in [1.165, 1.54) is 25.0 Å². The maximum absolute atomic E-state index is 13.3. The number of nitro benzene ring substituents is 1. The predicted octanol–water partition coefficient (Wildman–Crippen LogP) is 2.70. The largest absolute Gasteiger partial charge is 0.304 e. The van der Waals surface area contributed by atoms with Gasteiger partial charge in [0, 0.05) is 12.6 Å². The van der Waals surface area contributed by atoms with Crippen LogP contribution < -0.4 is 5.48 Å². The molecule has 18 heavy (non-hydrogen) atoms. The van der Waals surface area contributed by atoms with E-state index in [0.717, 1.165) is 18.9 Å². The molecule has 1 aliphatic rings. The Morgan fingerprint density at radius 2 is 2.17 bits per heavy atom.